The number of aromatic nitrogens is 3. The van der Waals surface area contributed by atoms with Crippen LogP contribution in [0.4, 0.5) is 9.18 Å². The van der Waals surface area contributed by atoms with Crippen molar-refractivity contribution in [2.45, 2.75) is 46.1 Å². The Kier molecular flexibility index (Phi) is 6.38. The molecule has 2 heterocycles. The van der Waals surface area contributed by atoms with Crippen molar-refractivity contribution in [3.05, 3.63) is 41.7 Å². The van der Waals surface area contributed by atoms with E-state index in [1.807, 2.05) is 20.8 Å². The molecule has 1 aromatic heterocycles. The molecule has 9 heteroatoms. The molecule has 2 aromatic rings. The van der Waals surface area contributed by atoms with Crippen molar-refractivity contribution in [1.29, 1.82) is 0 Å². The van der Waals surface area contributed by atoms with Gasteiger partial charge in [-0.1, -0.05) is 0 Å². The van der Waals surface area contributed by atoms with Crippen LogP contribution in [0.2, 0.25) is 0 Å². The fourth-order valence-corrected chi connectivity index (χ4v) is 3.33. The highest BCUT2D eigenvalue weighted by molar-refractivity contribution is 5.90. The van der Waals surface area contributed by atoms with E-state index in [1.54, 1.807) is 24.0 Å². The molecule has 30 heavy (non-hydrogen) atoms. The van der Waals surface area contributed by atoms with Gasteiger partial charge in [-0.3, -0.25) is 4.79 Å². The number of hydrogen-bond acceptors (Lipinski definition) is 5. The number of likely N-dealkylation sites (tertiary alicyclic amines) is 1. The Bertz CT molecular complexity index is 896. The van der Waals surface area contributed by atoms with Crippen LogP contribution < -0.4 is 5.32 Å². The second-order valence-corrected chi connectivity index (χ2v) is 8.49. The van der Waals surface area contributed by atoms with Crippen LogP contribution in [0, 0.1) is 18.7 Å². The van der Waals surface area contributed by atoms with Gasteiger partial charge in [-0.15, -0.1) is 5.10 Å². The van der Waals surface area contributed by atoms with Crippen LogP contribution in [0.3, 0.4) is 0 Å². The number of hydrogen-bond donors (Lipinski definition) is 1. The zero-order valence-corrected chi connectivity index (χ0v) is 17.8. The molecule has 3 rings (SSSR count). The van der Waals surface area contributed by atoms with Crippen LogP contribution in [0.25, 0.3) is 5.69 Å². The number of aryl methyl sites for hydroxylation is 1. The van der Waals surface area contributed by atoms with Gasteiger partial charge < -0.3 is 15.0 Å². The van der Waals surface area contributed by atoms with Gasteiger partial charge in [0.1, 0.15) is 17.2 Å². The molecule has 0 bridgehead atoms. The molecule has 0 spiro atoms. The zero-order valence-electron chi connectivity index (χ0n) is 17.8. The van der Waals surface area contributed by atoms with Gasteiger partial charge in [-0.05, 0) is 70.7 Å². The standard InChI is InChI=1S/C21H28FN5O3/c1-14-24-18(25-27(14)17-7-5-16(22)6-8-17)19(28)26-11-9-15(10-12-26)13-23-20(29)30-21(2,3)4/h5-8,15H,9-13H2,1-4H3,(H,23,29). The number of nitrogens with zero attached hydrogens (tertiary/aromatic N) is 4. The Morgan fingerprint density at radius 3 is 2.43 bits per heavy atom. The Morgan fingerprint density at radius 2 is 1.83 bits per heavy atom. The fraction of sp³-hybridized carbons (Fsp3) is 0.524. The minimum absolute atomic E-state index is 0.127. The number of alkyl carbamates (subject to hydrolysis) is 1. The van der Waals surface area contributed by atoms with Crippen LogP contribution >= 0.6 is 0 Å². The van der Waals surface area contributed by atoms with E-state index < -0.39 is 11.7 Å². The molecule has 1 fully saturated rings. The molecule has 0 radical (unpaired) electrons. The lowest BCUT2D eigenvalue weighted by Crippen LogP contribution is -2.42. The fourth-order valence-electron chi connectivity index (χ4n) is 3.33. The molecule has 2 amide bonds. The van der Waals surface area contributed by atoms with Gasteiger partial charge in [0, 0.05) is 19.6 Å². The summed E-state index contributed by atoms with van der Waals surface area (Å²) in [6.45, 7) is 8.89. The molecule has 1 N–H and O–H groups in total. The maximum Gasteiger partial charge on any atom is 0.407 e. The number of rotatable bonds is 4. The number of carbonyl (C=O) groups excluding carboxylic acids is 2. The van der Waals surface area contributed by atoms with E-state index in [-0.39, 0.29) is 23.5 Å². The van der Waals surface area contributed by atoms with E-state index in [4.69, 9.17) is 4.74 Å². The molecule has 0 unspecified atom stereocenters. The third kappa shape index (κ3) is 5.55. The molecule has 8 nitrogen and oxygen atoms in total. The van der Waals surface area contributed by atoms with E-state index >= 15 is 0 Å². The number of halogens is 1. The van der Waals surface area contributed by atoms with Crippen molar-refractivity contribution >= 4 is 12.0 Å². The van der Waals surface area contributed by atoms with Crippen LogP contribution in [-0.4, -0.2) is 56.9 Å². The Labute approximate surface area is 175 Å². The first-order valence-electron chi connectivity index (χ1n) is 10.1. The largest absolute Gasteiger partial charge is 0.444 e. The normalized spacial score (nSPS) is 15.2. The monoisotopic (exact) mass is 417 g/mol. The summed E-state index contributed by atoms with van der Waals surface area (Å²) < 4.78 is 19.9. The summed E-state index contributed by atoms with van der Waals surface area (Å²) in [5.41, 5.74) is 0.120. The maximum absolute atomic E-state index is 13.1. The smallest absolute Gasteiger partial charge is 0.407 e. The van der Waals surface area contributed by atoms with Crippen molar-refractivity contribution in [2.75, 3.05) is 19.6 Å². The minimum Gasteiger partial charge on any atom is -0.444 e. The minimum atomic E-state index is -0.525. The molecule has 0 saturated carbocycles. The molecule has 1 aromatic carbocycles. The molecule has 1 aliphatic heterocycles. The molecule has 0 atom stereocenters. The molecular weight excluding hydrogens is 389 g/mol. The van der Waals surface area contributed by atoms with Gasteiger partial charge in [0.2, 0.25) is 5.82 Å². The highest BCUT2D eigenvalue weighted by Crippen LogP contribution is 2.19. The predicted octanol–water partition coefficient (Wildman–Crippen LogP) is 3.09. The number of benzene rings is 1. The first-order chi connectivity index (χ1) is 14.1. The summed E-state index contributed by atoms with van der Waals surface area (Å²) in [6.07, 6.45) is 1.13. The van der Waals surface area contributed by atoms with Crippen molar-refractivity contribution < 1.29 is 18.7 Å². The SMILES string of the molecule is Cc1nc(C(=O)N2CCC(CNC(=O)OC(C)(C)C)CC2)nn1-c1ccc(F)cc1. The summed E-state index contributed by atoms with van der Waals surface area (Å²) in [7, 11) is 0. The Morgan fingerprint density at radius 1 is 1.20 bits per heavy atom. The topological polar surface area (TPSA) is 89.3 Å². The first kappa shape index (κ1) is 21.7. The quantitative estimate of drug-likeness (QED) is 0.826. The van der Waals surface area contributed by atoms with Crippen LogP contribution in [0.15, 0.2) is 24.3 Å². The first-order valence-corrected chi connectivity index (χ1v) is 10.1. The number of ether oxygens (including phenoxy) is 1. The van der Waals surface area contributed by atoms with E-state index in [0.717, 1.165) is 12.8 Å². The third-order valence-corrected chi connectivity index (χ3v) is 4.87. The third-order valence-electron chi connectivity index (χ3n) is 4.87. The van der Waals surface area contributed by atoms with Gasteiger partial charge in [-0.2, -0.15) is 0 Å². The molecule has 162 valence electrons. The summed E-state index contributed by atoms with van der Waals surface area (Å²) in [5, 5.41) is 7.11. The van der Waals surface area contributed by atoms with Gasteiger partial charge in [0.25, 0.3) is 5.91 Å². The number of carbonyl (C=O) groups is 2. The van der Waals surface area contributed by atoms with Gasteiger partial charge >= 0.3 is 6.09 Å². The molecule has 1 saturated heterocycles. The van der Waals surface area contributed by atoms with E-state index in [2.05, 4.69) is 15.4 Å². The predicted molar refractivity (Wildman–Crippen MR) is 109 cm³/mol. The van der Waals surface area contributed by atoms with Gasteiger partial charge in [0.15, 0.2) is 0 Å². The van der Waals surface area contributed by atoms with Crippen molar-refractivity contribution in [3.8, 4) is 5.69 Å². The Balaban J connectivity index is 1.54. The second-order valence-electron chi connectivity index (χ2n) is 8.49. The van der Waals surface area contributed by atoms with E-state index in [9.17, 15) is 14.0 Å². The zero-order chi connectivity index (χ0) is 21.9. The average Bonchev–Trinajstić information content (AvgIpc) is 3.07. The summed E-state index contributed by atoms with van der Waals surface area (Å²) in [6, 6.07) is 5.87. The lowest BCUT2D eigenvalue weighted by molar-refractivity contribution is 0.0499. The summed E-state index contributed by atoms with van der Waals surface area (Å²) >= 11 is 0. The number of amides is 2. The highest BCUT2D eigenvalue weighted by Gasteiger charge is 2.27. The van der Waals surface area contributed by atoms with Gasteiger partial charge in [0.05, 0.1) is 5.69 Å². The van der Waals surface area contributed by atoms with Crippen molar-refractivity contribution in [3.63, 3.8) is 0 Å². The highest BCUT2D eigenvalue weighted by atomic mass is 19.1. The lowest BCUT2D eigenvalue weighted by Gasteiger charge is -2.31. The van der Waals surface area contributed by atoms with Crippen molar-refractivity contribution in [2.24, 2.45) is 5.92 Å². The van der Waals surface area contributed by atoms with Crippen LogP contribution in [0.1, 0.15) is 50.1 Å². The van der Waals surface area contributed by atoms with Crippen LogP contribution in [0.5, 0.6) is 0 Å². The summed E-state index contributed by atoms with van der Waals surface area (Å²) in [5.74, 6) is 0.408. The molecule has 0 aliphatic carbocycles. The van der Waals surface area contributed by atoms with E-state index in [0.29, 0.717) is 31.1 Å². The Hall–Kier alpha value is -2.97. The molecular formula is C21H28FN5O3. The average molecular weight is 417 g/mol. The lowest BCUT2D eigenvalue weighted by atomic mass is 9.97. The van der Waals surface area contributed by atoms with E-state index in [1.165, 1.54) is 16.8 Å². The molecule has 1 aliphatic rings. The van der Waals surface area contributed by atoms with Crippen LogP contribution in [-0.2, 0) is 4.74 Å². The number of nitrogens with one attached hydrogen (secondary N) is 1. The van der Waals surface area contributed by atoms with Gasteiger partial charge in [-0.25, -0.2) is 18.9 Å². The summed E-state index contributed by atoms with van der Waals surface area (Å²) in [4.78, 5) is 30.6. The maximum atomic E-state index is 13.1. The number of piperidine rings is 1. The second kappa shape index (κ2) is 8.81. The van der Waals surface area contributed by atoms with Crippen molar-refractivity contribution in [1.82, 2.24) is 25.0 Å².